The number of imide groups is 1. The molecule has 7 nitrogen and oxygen atoms in total. The van der Waals surface area contributed by atoms with Gasteiger partial charge in [-0.1, -0.05) is 6.92 Å². The summed E-state index contributed by atoms with van der Waals surface area (Å²) in [5.74, 6) is -1.67. The van der Waals surface area contributed by atoms with E-state index in [1.165, 1.54) is 12.8 Å². The fraction of sp³-hybridized carbons (Fsp3) is 0.786. The predicted molar refractivity (Wildman–Crippen MR) is 77.9 cm³/mol. The summed E-state index contributed by atoms with van der Waals surface area (Å²) in [7, 11) is 0. The second-order valence-corrected chi connectivity index (χ2v) is 5.61. The molecule has 21 heavy (non-hydrogen) atoms. The van der Waals surface area contributed by atoms with Crippen molar-refractivity contribution < 1.29 is 19.5 Å². The van der Waals surface area contributed by atoms with Gasteiger partial charge in [0.1, 0.15) is 0 Å². The van der Waals surface area contributed by atoms with Crippen molar-refractivity contribution in [2.45, 2.75) is 39.0 Å². The van der Waals surface area contributed by atoms with Gasteiger partial charge in [0.05, 0.1) is 0 Å². The van der Waals surface area contributed by atoms with Crippen LogP contribution in [0.4, 0.5) is 4.79 Å². The van der Waals surface area contributed by atoms with Gasteiger partial charge in [-0.05, 0) is 44.8 Å². The average molecular weight is 299 g/mol. The summed E-state index contributed by atoms with van der Waals surface area (Å²) >= 11 is 0. The van der Waals surface area contributed by atoms with Crippen LogP contribution < -0.4 is 10.6 Å². The van der Waals surface area contributed by atoms with Gasteiger partial charge in [0.25, 0.3) is 0 Å². The SMILES string of the molecule is CC(CC(=O)O)CC(=O)NC(=O)NCCCN1CCCC1. The number of amides is 3. The highest BCUT2D eigenvalue weighted by Gasteiger charge is 2.15. The Balaban J connectivity index is 2.06. The van der Waals surface area contributed by atoms with Gasteiger partial charge in [-0.2, -0.15) is 0 Å². The van der Waals surface area contributed by atoms with E-state index in [1.54, 1.807) is 6.92 Å². The highest BCUT2D eigenvalue weighted by atomic mass is 16.4. The van der Waals surface area contributed by atoms with Gasteiger partial charge in [0, 0.05) is 19.4 Å². The first-order valence-corrected chi connectivity index (χ1v) is 7.49. The van der Waals surface area contributed by atoms with Gasteiger partial charge in [-0.3, -0.25) is 14.9 Å². The quantitative estimate of drug-likeness (QED) is 0.576. The van der Waals surface area contributed by atoms with E-state index >= 15 is 0 Å². The Morgan fingerprint density at radius 1 is 1.19 bits per heavy atom. The molecule has 3 amide bonds. The first-order valence-electron chi connectivity index (χ1n) is 7.49. The number of carbonyl (C=O) groups is 3. The molecule has 1 fully saturated rings. The number of hydrogen-bond acceptors (Lipinski definition) is 4. The summed E-state index contributed by atoms with van der Waals surface area (Å²) in [5, 5.41) is 13.5. The number of nitrogens with zero attached hydrogens (tertiary/aromatic N) is 1. The minimum Gasteiger partial charge on any atom is -0.481 e. The number of likely N-dealkylation sites (tertiary alicyclic amines) is 1. The van der Waals surface area contributed by atoms with Crippen LogP contribution in [0.3, 0.4) is 0 Å². The van der Waals surface area contributed by atoms with Crippen molar-refractivity contribution in [1.29, 1.82) is 0 Å². The Bertz CT molecular complexity index is 367. The molecule has 7 heteroatoms. The first kappa shape index (κ1) is 17.4. The molecule has 1 aliphatic rings. The van der Waals surface area contributed by atoms with Crippen molar-refractivity contribution in [2.75, 3.05) is 26.2 Å². The van der Waals surface area contributed by atoms with Crippen molar-refractivity contribution in [1.82, 2.24) is 15.5 Å². The molecule has 1 unspecified atom stereocenters. The third kappa shape index (κ3) is 8.29. The standard InChI is InChI=1S/C14H25N3O4/c1-11(10-13(19)20)9-12(18)16-14(21)15-5-4-8-17-6-2-3-7-17/h11H,2-10H2,1H3,(H,19,20)(H2,15,16,18,21). The van der Waals surface area contributed by atoms with E-state index in [0.29, 0.717) is 6.54 Å². The number of carboxylic acids is 1. The lowest BCUT2D eigenvalue weighted by atomic mass is 10.0. The molecule has 0 radical (unpaired) electrons. The summed E-state index contributed by atoms with van der Waals surface area (Å²) in [6.45, 7) is 5.42. The molecule has 0 aromatic carbocycles. The summed E-state index contributed by atoms with van der Waals surface area (Å²) < 4.78 is 0. The Labute approximate surface area is 125 Å². The van der Waals surface area contributed by atoms with E-state index in [1.807, 2.05) is 0 Å². The largest absolute Gasteiger partial charge is 0.481 e. The van der Waals surface area contributed by atoms with Crippen LogP contribution in [0, 0.1) is 5.92 Å². The van der Waals surface area contributed by atoms with E-state index < -0.39 is 17.9 Å². The van der Waals surface area contributed by atoms with Gasteiger partial charge < -0.3 is 15.3 Å². The molecule has 0 aromatic rings. The molecule has 1 heterocycles. The minimum atomic E-state index is -0.943. The molecular formula is C14H25N3O4. The second kappa shape index (κ2) is 9.33. The third-order valence-electron chi connectivity index (χ3n) is 3.45. The zero-order chi connectivity index (χ0) is 15.7. The van der Waals surface area contributed by atoms with Crippen LogP contribution in [-0.4, -0.2) is 54.1 Å². The second-order valence-electron chi connectivity index (χ2n) is 5.61. The summed E-state index contributed by atoms with van der Waals surface area (Å²) in [5.41, 5.74) is 0. The molecule has 1 rings (SSSR count). The number of rotatable bonds is 8. The van der Waals surface area contributed by atoms with Crippen LogP contribution in [0.15, 0.2) is 0 Å². The molecule has 0 aromatic heterocycles. The van der Waals surface area contributed by atoms with Crippen molar-refractivity contribution >= 4 is 17.9 Å². The van der Waals surface area contributed by atoms with E-state index in [4.69, 9.17) is 5.11 Å². The molecule has 0 spiro atoms. The molecule has 0 aliphatic carbocycles. The van der Waals surface area contributed by atoms with Crippen LogP contribution in [-0.2, 0) is 9.59 Å². The highest BCUT2D eigenvalue weighted by Crippen LogP contribution is 2.07. The van der Waals surface area contributed by atoms with Crippen molar-refractivity contribution in [2.24, 2.45) is 5.92 Å². The van der Waals surface area contributed by atoms with Crippen LogP contribution in [0.2, 0.25) is 0 Å². The fourth-order valence-corrected chi connectivity index (χ4v) is 2.42. The number of nitrogens with one attached hydrogen (secondary N) is 2. The fourth-order valence-electron chi connectivity index (χ4n) is 2.42. The number of hydrogen-bond donors (Lipinski definition) is 3. The molecule has 120 valence electrons. The first-order chi connectivity index (χ1) is 9.97. The van der Waals surface area contributed by atoms with Gasteiger partial charge in [0.15, 0.2) is 0 Å². The van der Waals surface area contributed by atoms with Crippen molar-refractivity contribution in [3.05, 3.63) is 0 Å². The molecule has 3 N–H and O–H groups in total. The van der Waals surface area contributed by atoms with Crippen LogP contribution in [0.25, 0.3) is 0 Å². The van der Waals surface area contributed by atoms with Crippen molar-refractivity contribution in [3.63, 3.8) is 0 Å². The lowest BCUT2D eigenvalue weighted by Crippen LogP contribution is -2.41. The van der Waals surface area contributed by atoms with E-state index in [9.17, 15) is 14.4 Å². The van der Waals surface area contributed by atoms with E-state index in [-0.39, 0.29) is 18.8 Å². The Morgan fingerprint density at radius 3 is 2.48 bits per heavy atom. The molecule has 0 saturated carbocycles. The summed E-state index contributed by atoms with van der Waals surface area (Å²) in [6, 6.07) is -0.510. The highest BCUT2D eigenvalue weighted by molar-refractivity contribution is 5.94. The van der Waals surface area contributed by atoms with E-state index in [2.05, 4.69) is 15.5 Å². The normalized spacial score (nSPS) is 16.4. The van der Waals surface area contributed by atoms with Gasteiger partial charge in [-0.25, -0.2) is 4.79 Å². The van der Waals surface area contributed by atoms with Gasteiger partial charge in [0.2, 0.25) is 5.91 Å². The Kier molecular flexibility index (Phi) is 7.74. The monoisotopic (exact) mass is 299 g/mol. The zero-order valence-electron chi connectivity index (χ0n) is 12.6. The molecule has 0 bridgehead atoms. The summed E-state index contributed by atoms with van der Waals surface area (Å²) in [6.07, 6.45) is 3.31. The van der Waals surface area contributed by atoms with Crippen molar-refractivity contribution in [3.8, 4) is 0 Å². The maximum atomic E-state index is 11.5. The Hall–Kier alpha value is -1.63. The zero-order valence-corrected chi connectivity index (χ0v) is 12.6. The smallest absolute Gasteiger partial charge is 0.321 e. The molecule has 1 aliphatic heterocycles. The van der Waals surface area contributed by atoms with Crippen LogP contribution >= 0.6 is 0 Å². The summed E-state index contributed by atoms with van der Waals surface area (Å²) in [4.78, 5) is 35.8. The number of aliphatic carboxylic acids is 1. The maximum Gasteiger partial charge on any atom is 0.321 e. The topological polar surface area (TPSA) is 98.7 Å². The number of carboxylic acid groups (broad SMARTS) is 1. The number of carbonyl (C=O) groups excluding carboxylic acids is 2. The van der Waals surface area contributed by atoms with Gasteiger partial charge in [-0.15, -0.1) is 0 Å². The molecular weight excluding hydrogens is 274 g/mol. The average Bonchev–Trinajstić information content (AvgIpc) is 2.86. The lowest BCUT2D eigenvalue weighted by molar-refractivity contribution is -0.138. The molecule has 1 atom stereocenters. The maximum absolute atomic E-state index is 11.5. The van der Waals surface area contributed by atoms with Crippen LogP contribution in [0.5, 0.6) is 0 Å². The lowest BCUT2D eigenvalue weighted by Gasteiger charge is -2.14. The van der Waals surface area contributed by atoms with Gasteiger partial charge >= 0.3 is 12.0 Å². The van der Waals surface area contributed by atoms with Crippen LogP contribution in [0.1, 0.15) is 39.0 Å². The molecule has 1 saturated heterocycles. The van der Waals surface area contributed by atoms with E-state index in [0.717, 1.165) is 26.1 Å². The minimum absolute atomic E-state index is 0.0352. The Morgan fingerprint density at radius 2 is 1.86 bits per heavy atom. The number of urea groups is 1. The third-order valence-corrected chi connectivity index (χ3v) is 3.45. The predicted octanol–water partition coefficient (Wildman–Crippen LogP) is 0.799.